The minimum atomic E-state index is -4.73. The van der Waals surface area contributed by atoms with Crippen LogP contribution >= 0.6 is 0 Å². The third kappa shape index (κ3) is 6.27. The Labute approximate surface area is 167 Å². The summed E-state index contributed by atoms with van der Waals surface area (Å²) in [5, 5.41) is 6.19. The van der Waals surface area contributed by atoms with Gasteiger partial charge in [0, 0.05) is 45.0 Å². The van der Waals surface area contributed by atoms with Gasteiger partial charge >= 0.3 is 6.36 Å². The number of benzene rings is 1. The largest absolute Gasteiger partial charge is 0.573 e. The van der Waals surface area contributed by atoms with Gasteiger partial charge in [-0.3, -0.25) is 4.99 Å². The van der Waals surface area contributed by atoms with Gasteiger partial charge in [-0.15, -0.1) is 13.2 Å². The summed E-state index contributed by atoms with van der Waals surface area (Å²) in [6.07, 6.45) is -0.587. The van der Waals surface area contributed by atoms with Crippen molar-refractivity contribution in [2.24, 2.45) is 4.99 Å². The number of hydrogen-bond donors (Lipinski definition) is 2. The minimum absolute atomic E-state index is 0.140. The first kappa shape index (κ1) is 20.8. The number of rotatable bonds is 6. The molecule has 1 fully saturated rings. The Balaban J connectivity index is 1.56. The third-order valence-electron chi connectivity index (χ3n) is 4.57. The number of nitrogens with zero attached hydrogens (tertiary/aromatic N) is 3. The SMILES string of the molecule is CN=C(NCc1ccnc(N2CCCC2)c1)NCc1ccccc1OC(F)(F)F. The highest BCUT2D eigenvalue weighted by atomic mass is 19.4. The average Bonchev–Trinajstić information content (AvgIpc) is 3.23. The number of alkyl halides is 3. The van der Waals surface area contributed by atoms with E-state index in [4.69, 9.17) is 0 Å². The number of hydrogen-bond acceptors (Lipinski definition) is 4. The van der Waals surface area contributed by atoms with Gasteiger partial charge in [0.1, 0.15) is 11.6 Å². The summed E-state index contributed by atoms with van der Waals surface area (Å²) in [7, 11) is 1.61. The van der Waals surface area contributed by atoms with E-state index in [1.807, 2.05) is 12.1 Å². The molecular weight excluding hydrogens is 383 g/mol. The highest BCUT2D eigenvalue weighted by Gasteiger charge is 2.31. The molecule has 2 aromatic rings. The summed E-state index contributed by atoms with van der Waals surface area (Å²) >= 11 is 0. The molecule has 0 saturated carbocycles. The molecule has 0 radical (unpaired) electrons. The Hall–Kier alpha value is -2.97. The molecule has 6 nitrogen and oxygen atoms in total. The third-order valence-corrected chi connectivity index (χ3v) is 4.57. The lowest BCUT2D eigenvalue weighted by atomic mass is 10.2. The molecule has 0 atom stereocenters. The molecule has 1 aliphatic heterocycles. The lowest BCUT2D eigenvalue weighted by molar-refractivity contribution is -0.274. The van der Waals surface area contributed by atoms with Gasteiger partial charge in [0.2, 0.25) is 0 Å². The monoisotopic (exact) mass is 407 g/mol. The van der Waals surface area contributed by atoms with Crippen molar-refractivity contribution in [2.75, 3.05) is 25.0 Å². The van der Waals surface area contributed by atoms with Crippen LogP contribution in [0.25, 0.3) is 0 Å². The molecule has 3 rings (SSSR count). The van der Waals surface area contributed by atoms with E-state index in [1.165, 1.54) is 25.0 Å². The van der Waals surface area contributed by atoms with Crippen molar-refractivity contribution in [1.29, 1.82) is 0 Å². The number of aromatic nitrogens is 1. The lowest BCUT2D eigenvalue weighted by Gasteiger charge is -2.18. The Morgan fingerprint density at radius 2 is 1.86 bits per heavy atom. The molecule has 1 aromatic carbocycles. The summed E-state index contributed by atoms with van der Waals surface area (Å²) in [6.45, 7) is 2.70. The van der Waals surface area contributed by atoms with Crippen LogP contribution in [0.15, 0.2) is 47.6 Å². The van der Waals surface area contributed by atoms with Crippen molar-refractivity contribution >= 4 is 11.8 Å². The maximum Gasteiger partial charge on any atom is 0.573 e. The van der Waals surface area contributed by atoms with Gasteiger partial charge in [0.25, 0.3) is 0 Å². The van der Waals surface area contributed by atoms with Crippen LogP contribution in [0.1, 0.15) is 24.0 Å². The standard InChI is InChI=1S/C20H24F3N5O/c1-24-19(27-14-16-6-2-3-7-17(16)29-20(21,22)23)26-13-15-8-9-25-18(12-15)28-10-4-5-11-28/h2-3,6-9,12H,4-5,10-11,13-14H2,1H3,(H2,24,26,27). The smallest absolute Gasteiger partial charge is 0.405 e. The molecule has 1 aliphatic rings. The molecule has 0 bridgehead atoms. The zero-order valence-corrected chi connectivity index (χ0v) is 16.2. The van der Waals surface area contributed by atoms with Crippen LogP contribution in [0.2, 0.25) is 0 Å². The first-order valence-electron chi connectivity index (χ1n) is 9.42. The fourth-order valence-corrected chi connectivity index (χ4v) is 3.15. The highest BCUT2D eigenvalue weighted by Crippen LogP contribution is 2.26. The average molecular weight is 407 g/mol. The Kier molecular flexibility index (Phi) is 6.79. The van der Waals surface area contributed by atoms with Crippen molar-refractivity contribution in [3.05, 3.63) is 53.7 Å². The van der Waals surface area contributed by atoms with Crippen LogP contribution in [0.3, 0.4) is 0 Å². The highest BCUT2D eigenvalue weighted by molar-refractivity contribution is 5.79. The zero-order chi connectivity index (χ0) is 20.7. The predicted octanol–water partition coefficient (Wildman–Crippen LogP) is 3.45. The van der Waals surface area contributed by atoms with Gasteiger partial charge in [-0.25, -0.2) is 4.98 Å². The molecule has 29 heavy (non-hydrogen) atoms. The summed E-state index contributed by atoms with van der Waals surface area (Å²) < 4.78 is 41.7. The molecule has 0 amide bonds. The van der Waals surface area contributed by atoms with Gasteiger partial charge in [-0.2, -0.15) is 0 Å². The van der Waals surface area contributed by atoms with E-state index in [0.29, 0.717) is 18.1 Å². The zero-order valence-electron chi connectivity index (χ0n) is 16.2. The predicted molar refractivity (Wildman–Crippen MR) is 106 cm³/mol. The van der Waals surface area contributed by atoms with Crippen molar-refractivity contribution in [3.63, 3.8) is 0 Å². The first-order valence-corrected chi connectivity index (χ1v) is 9.42. The number of para-hydroxylation sites is 1. The van der Waals surface area contributed by atoms with E-state index in [2.05, 4.69) is 30.2 Å². The molecule has 2 N–H and O–H groups in total. The molecule has 9 heteroatoms. The molecule has 0 unspecified atom stereocenters. The maximum atomic E-state index is 12.6. The van der Waals surface area contributed by atoms with E-state index in [9.17, 15) is 13.2 Å². The molecule has 0 spiro atoms. The summed E-state index contributed by atoms with van der Waals surface area (Å²) in [5.74, 6) is 1.21. The number of pyridine rings is 1. The summed E-state index contributed by atoms with van der Waals surface area (Å²) in [5.41, 5.74) is 1.43. The van der Waals surface area contributed by atoms with Crippen LogP contribution < -0.4 is 20.3 Å². The van der Waals surface area contributed by atoms with Crippen LogP contribution in [0.4, 0.5) is 19.0 Å². The lowest BCUT2D eigenvalue weighted by Crippen LogP contribution is -2.36. The topological polar surface area (TPSA) is 61.8 Å². The van der Waals surface area contributed by atoms with E-state index in [1.54, 1.807) is 25.4 Å². The molecule has 1 aromatic heterocycles. The second-order valence-electron chi connectivity index (χ2n) is 6.65. The minimum Gasteiger partial charge on any atom is -0.405 e. The maximum absolute atomic E-state index is 12.6. The van der Waals surface area contributed by atoms with Crippen LogP contribution in [-0.4, -0.2) is 37.4 Å². The van der Waals surface area contributed by atoms with E-state index >= 15 is 0 Å². The number of aliphatic imine (C=N–C) groups is 1. The summed E-state index contributed by atoms with van der Waals surface area (Å²) in [4.78, 5) is 10.8. The molecular formula is C20H24F3N5O. The quantitative estimate of drug-likeness (QED) is 0.567. The Bertz CT molecular complexity index is 835. The van der Waals surface area contributed by atoms with E-state index < -0.39 is 6.36 Å². The second-order valence-corrected chi connectivity index (χ2v) is 6.65. The molecule has 2 heterocycles. The number of ether oxygens (including phenoxy) is 1. The van der Waals surface area contributed by atoms with E-state index in [-0.39, 0.29) is 12.3 Å². The number of halogens is 3. The number of nitrogens with one attached hydrogen (secondary N) is 2. The van der Waals surface area contributed by atoms with Crippen LogP contribution in [0, 0.1) is 0 Å². The van der Waals surface area contributed by atoms with Crippen molar-refractivity contribution in [2.45, 2.75) is 32.3 Å². The van der Waals surface area contributed by atoms with E-state index in [0.717, 1.165) is 24.5 Å². The summed E-state index contributed by atoms with van der Waals surface area (Å²) in [6, 6.07) is 9.99. The van der Waals surface area contributed by atoms with Crippen LogP contribution in [-0.2, 0) is 13.1 Å². The van der Waals surface area contributed by atoms with Crippen molar-refractivity contribution in [3.8, 4) is 5.75 Å². The normalized spacial score (nSPS) is 14.8. The Morgan fingerprint density at radius 1 is 1.14 bits per heavy atom. The second kappa shape index (κ2) is 9.49. The van der Waals surface area contributed by atoms with Gasteiger partial charge in [0.15, 0.2) is 5.96 Å². The van der Waals surface area contributed by atoms with Crippen LogP contribution in [0.5, 0.6) is 5.75 Å². The molecule has 0 aliphatic carbocycles. The molecule has 1 saturated heterocycles. The first-order chi connectivity index (χ1) is 13.9. The van der Waals surface area contributed by atoms with Crippen molar-refractivity contribution < 1.29 is 17.9 Å². The number of guanidine groups is 1. The van der Waals surface area contributed by atoms with Gasteiger partial charge in [0.05, 0.1) is 0 Å². The van der Waals surface area contributed by atoms with Crippen molar-refractivity contribution in [1.82, 2.24) is 15.6 Å². The number of anilines is 1. The Morgan fingerprint density at radius 3 is 2.59 bits per heavy atom. The van der Waals surface area contributed by atoms with Gasteiger partial charge < -0.3 is 20.3 Å². The molecule has 156 valence electrons. The van der Waals surface area contributed by atoms with Gasteiger partial charge in [-0.1, -0.05) is 18.2 Å². The fourth-order valence-electron chi connectivity index (χ4n) is 3.15. The fraction of sp³-hybridized carbons (Fsp3) is 0.400. The van der Waals surface area contributed by atoms with Gasteiger partial charge in [-0.05, 0) is 36.6 Å².